The fraction of sp³-hybridized carbons (Fsp3) is 0.556. The van der Waals surface area contributed by atoms with Crippen molar-refractivity contribution in [1.29, 1.82) is 0 Å². The molecule has 1 rings (SSSR count). The topological polar surface area (TPSA) is 0 Å². The van der Waals surface area contributed by atoms with Gasteiger partial charge in [0.15, 0.2) is 0 Å². The summed E-state index contributed by atoms with van der Waals surface area (Å²) in [7, 11) is 0. The predicted octanol–water partition coefficient (Wildman–Crippen LogP) is 3.88. The van der Waals surface area contributed by atoms with Crippen LogP contribution in [0.25, 0.3) is 0 Å². The van der Waals surface area contributed by atoms with Crippen LogP contribution in [0.15, 0.2) is 17.5 Å². The van der Waals surface area contributed by atoms with Gasteiger partial charge in [-0.2, -0.15) is 0 Å². The molecule has 0 aliphatic rings. The Morgan fingerprint density at radius 2 is 2.27 bits per heavy atom. The van der Waals surface area contributed by atoms with E-state index in [9.17, 15) is 0 Å². The lowest BCUT2D eigenvalue weighted by molar-refractivity contribution is 0.552. The molecule has 0 saturated carbocycles. The van der Waals surface area contributed by atoms with E-state index >= 15 is 0 Å². The number of halogens is 1. The summed E-state index contributed by atoms with van der Waals surface area (Å²) < 4.78 is 0. The molecule has 2 heteroatoms. The number of hydrogen-bond donors (Lipinski definition) is 0. The average molecular weight is 233 g/mol. The van der Waals surface area contributed by atoms with Gasteiger partial charge in [0.05, 0.1) is 0 Å². The normalized spacial score (nSPS) is 13.8. The summed E-state index contributed by atoms with van der Waals surface area (Å²) in [6, 6.07) is 4.34. The Bertz CT molecular complexity index is 191. The zero-order valence-electron chi connectivity index (χ0n) is 6.88. The molecule has 0 saturated heterocycles. The predicted molar refractivity (Wildman–Crippen MR) is 55.7 cm³/mol. The smallest absolute Gasteiger partial charge is 0.0111 e. The SMILES string of the molecule is CC(C)C(CBr)c1cccs1. The molecule has 1 unspecified atom stereocenters. The summed E-state index contributed by atoms with van der Waals surface area (Å²) in [6.07, 6.45) is 0. The van der Waals surface area contributed by atoms with Crippen LogP contribution in [0.2, 0.25) is 0 Å². The van der Waals surface area contributed by atoms with Gasteiger partial charge in [0, 0.05) is 16.1 Å². The minimum Gasteiger partial charge on any atom is -0.149 e. The molecule has 62 valence electrons. The molecule has 0 aromatic carbocycles. The highest BCUT2D eigenvalue weighted by molar-refractivity contribution is 9.09. The molecular formula is C9H13BrS. The highest BCUT2D eigenvalue weighted by Crippen LogP contribution is 2.29. The summed E-state index contributed by atoms with van der Waals surface area (Å²) in [5.74, 6) is 1.42. The molecule has 1 aromatic rings. The number of thiophene rings is 1. The van der Waals surface area contributed by atoms with E-state index in [0.29, 0.717) is 5.92 Å². The van der Waals surface area contributed by atoms with Gasteiger partial charge in [-0.25, -0.2) is 0 Å². The Kier molecular flexibility index (Phi) is 3.60. The van der Waals surface area contributed by atoms with Crippen molar-refractivity contribution in [1.82, 2.24) is 0 Å². The maximum absolute atomic E-state index is 3.54. The summed E-state index contributed by atoms with van der Waals surface area (Å²) in [4.78, 5) is 1.50. The fourth-order valence-corrected chi connectivity index (χ4v) is 3.40. The molecule has 11 heavy (non-hydrogen) atoms. The van der Waals surface area contributed by atoms with Crippen LogP contribution in [0.5, 0.6) is 0 Å². The van der Waals surface area contributed by atoms with Crippen molar-refractivity contribution in [3.63, 3.8) is 0 Å². The van der Waals surface area contributed by atoms with Crippen LogP contribution >= 0.6 is 27.3 Å². The van der Waals surface area contributed by atoms with E-state index in [1.807, 2.05) is 11.3 Å². The Labute approximate surface area is 80.8 Å². The zero-order valence-corrected chi connectivity index (χ0v) is 9.28. The number of hydrogen-bond acceptors (Lipinski definition) is 1. The molecule has 0 N–H and O–H groups in total. The molecule has 0 amide bonds. The monoisotopic (exact) mass is 232 g/mol. The van der Waals surface area contributed by atoms with Gasteiger partial charge >= 0.3 is 0 Å². The molecule has 0 nitrogen and oxygen atoms in total. The highest BCUT2D eigenvalue weighted by atomic mass is 79.9. The first-order chi connectivity index (χ1) is 5.25. The van der Waals surface area contributed by atoms with E-state index in [0.717, 1.165) is 11.2 Å². The van der Waals surface area contributed by atoms with Crippen molar-refractivity contribution in [2.45, 2.75) is 19.8 Å². The average Bonchev–Trinajstić information content (AvgIpc) is 2.40. The second-order valence-corrected chi connectivity index (χ2v) is 4.65. The lowest BCUT2D eigenvalue weighted by atomic mass is 9.97. The molecule has 0 spiro atoms. The van der Waals surface area contributed by atoms with E-state index in [1.165, 1.54) is 4.88 Å². The van der Waals surface area contributed by atoms with Crippen LogP contribution < -0.4 is 0 Å². The highest BCUT2D eigenvalue weighted by Gasteiger charge is 2.14. The van der Waals surface area contributed by atoms with Crippen molar-refractivity contribution in [2.75, 3.05) is 5.33 Å². The molecule has 0 aliphatic heterocycles. The molecule has 0 aliphatic carbocycles. The standard InChI is InChI=1S/C9H13BrS/c1-7(2)8(6-10)9-4-3-5-11-9/h3-5,7-8H,6H2,1-2H3. The van der Waals surface area contributed by atoms with Crippen LogP contribution in [0.1, 0.15) is 24.6 Å². The van der Waals surface area contributed by atoms with Gasteiger partial charge in [-0.15, -0.1) is 11.3 Å². The Balaban J connectivity index is 2.71. The van der Waals surface area contributed by atoms with Crippen molar-refractivity contribution >= 4 is 27.3 Å². The third-order valence-corrected chi connectivity index (χ3v) is 3.58. The van der Waals surface area contributed by atoms with E-state index in [1.54, 1.807) is 0 Å². The van der Waals surface area contributed by atoms with Gasteiger partial charge in [-0.1, -0.05) is 35.8 Å². The molecular weight excluding hydrogens is 220 g/mol. The van der Waals surface area contributed by atoms with Gasteiger partial charge in [-0.3, -0.25) is 0 Å². The van der Waals surface area contributed by atoms with E-state index in [-0.39, 0.29) is 0 Å². The van der Waals surface area contributed by atoms with Crippen molar-refractivity contribution in [3.05, 3.63) is 22.4 Å². The maximum atomic E-state index is 3.54. The second kappa shape index (κ2) is 4.27. The number of rotatable bonds is 3. The maximum Gasteiger partial charge on any atom is 0.0111 e. The quantitative estimate of drug-likeness (QED) is 0.695. The van der Waals surface area contributed by atoms with Crippen molar-refractivity contribution in [2.24, 2.45) is 5.92 Å². The van der Waals surface area contributed by atoms with Gasteiger partial charge in [0.1, 0.15) is 0 Å². The van der Waals surface area contributed by atoms with Crippen molar-refractivity contribution < 1.29 is 0 Å². The van der Waals surface area contributed by atoms with Crippen LogP contribution in [0.4, 0.5) is 0 Å². The van der Waals surface area contributed by atoms with Gasteiger partial charge in [-0.05, 0) is 17.4 Å². The minimum atomic E-state index is 0.690. The van der Waals surface area contributed by atoms with E-state index in [2.05, 4.69) is 47.3 Å². The second-order valence-electron chi connectivity index (χ2n) is 3.02. The van der Waals surface area contributed by atoms with E-state index in [4.69, 9.17) is 0 Å². The third kappa shape index (κ3) is 2.31. The zero-order chi connectivity index (χ0) is 8.27. The lowest BCUT2D eigenvalue weighted by Crippen LogP contribution is -2.05. The molecule has 1 atom stereocenters. The van der Waals surface area contributed by atoms with Crippen LogP contribution in [0, 0.1) is 5.92 Å². The van der Waals surface area contributed by atoms with Crippen molar-refractivity contribution in [3.8, 4) is 0 Å². The summed E-state index contributed by atoms with van der Waals surface area (Å²) in [5.41, 5.74) is 0. The van der Waals surface area contributed by atoms with Gasteiger partial charge in [0.2, 0.25) is 0 Å². The fourth-order valence-electron chi connectivity index (χ4n) is 1.08. The minimum absolute atomic E-state index is 0.690. The molecule has 0 bridgehead atoms. The first-order valence-electron chi connectivity index (χ1n) is 3.85. The van der Waals surface area contributed by atoms with Crippen LogP contribution in [0.3, 0.4) is 0 Å². The molecule has 0 radical (unpaired) electrons. The molecule has 0 fully saturated rings. The van der Waals surface area contributed by atoms with Crippen LogP contribution in [-0.4, -0.2) is 5.33 Å². The number of alkyl halides is 1. The molecule has 1 aromatic heterocycles. The Morgan fingerprint density at radius 1 is 1.55 bits per heavy atom. The third-order valence-electron chi connectivity index (χ3n) is 1.88. The summed E-state index contributed by atoms with van der Waals surface area (Å²) in [5, 5.41) is 3.22. The van der Waals surface area contributed by atoms with Crippen LogP contribution in [-0.2, 0) is 0 Å². The summed E-state index contributed by atoms with van der Waals surface area (Å²) in [6.45, 7) is 4.54. The lowest BCUT2D eigenvalue weighted by Gasteiger charge is -2.15. The molecule has 1 heterocycles. The first kappa shape index (κ1) is 9.27. The van der Waals surface area contributed by atoms with Gasteiger partial charge < -0.3 is 0 Å². The largest absolute Gasteiger partial charge is 0.149 e. The summed E-state index contributed by atoms with van der Waals surface area (Å²) >= 11 is 5.40. The van der Waals surface area contributed by atoms with Gasteiger partial charge in [0.25, 0.3) is 0 Å². The van der Waals surface area contributed by atoms with E-state index < -0.39 is 0 Å². The Morgan fingerprint density at radius 3 is 2.64 bits per heavy atom. The Hall–Kier alpha value is 0.180. The first-order valence-corrected chi connectivity index (χ1v) is 5.85.